The summed E-state index contributed by atoms with van der Waals surface area (Å²) in [4.78, 5) is 23.6. The summed E-state index contributed by atoms with van der Waals surface area (Å²) in [6, 6.07) is 6.31. The Labute approximate surface area is 129 Å². The number of hydrogen-bond donors (Lipinski definition) is 4. The van der Waals surface area contributed by atoms with Crippen LogP contribution in [0.4, 0.5) is 10.5 Å². The Hall–Kier alpha value is -1.73. The van der Waals surface area contributed by atoms with Crippen LogP contribution in [-0.2, 0) is 11.3 Å². The molecule has 116 valence electrons. The van der Waals surface area contributed by atoms with Crippen LogP contribution in [0.2, 0.25) is 0 Å². The quantitative estimate of drug-likeness (QED) is 0.607. The zero-order chi connectivity index (χ0) is 15.7. The fourth-order valence-electron chi connectivity index (χ4n) is 1.73. The van der Waals surface area contributed by atoms with E-state index in [4.69, 9.17) is 5.73 Å². The van der Waals surface area contributed by atoms with Gasteiger partial charge in [-0.25, -0.2) is 4.79 Å². The number of amides is 3. The maximum Gasteiger partial charge on any atom is 0.319 e. The van der Waals surface area contributed by atoms with Crippen molar-refractivity contribution in [2.75, 3.05) is 24.4 Å². The van der Waals surface area contributed by atoms with Gasteiger partial charge in [0, 0.05) is 19.3 Å². The van der Waals surface area contributed by atoms with Crippen molar-refractivity contribution in [2.24, 2.45) is 5.73 Å². The van der Waals surface area contributed by atoms with E-state index in [0.29, 0.717) is 18.7 Å². The SMILES string of the molecule is CNC(=O)[C@H](CCSC)NC(=O)Nc1ccc(CN)cc1. The molecule has 0 aromatic heterocycles. The molecule has 0 unspecified atom stereocenters. The molecule has 0 radical (unpaired) electrons. The second-order valence-electron chi connectivity index (χ2n) is 4.45. The maximum absolute atomic E-state index is 11.9. The zero-order valence-corrected chi connectivity index (χ0v) is 13.1. The molecule has 0 aliphatic carbocycles. The van der Waals surface area contributed by atoms with Crippen molar-refractivity contribution in [1.82, 2.24) is 10.6 Å². The second kappa shape index (κ2) is 9.25. The van der Waals surface area contributed by atoms with Gasteiger partial charge in [-0.15, -0.1) is 0 Å². The summed E-state index contributed by atoms with van der Waals surface area (Å²) in [6.45, 7) is 0.458. The van der Waals surface area contributed by atoms with Crippen molar-refractivity contribution in [2.45, 2.75) is 19.0 Å². The molecule has 6 nitrogen and oxygen atoms in total. The highest BCUT2D eigenvalue weighted by Crippen LogP contribution is 2.09. The third-order valence-electron chi connectivity index (χ3n) is 2.93. The summed E-state index contributed by atoms with van der Waals surface area (Å²) in [6.07, 6.45) is 2.54. The summed E-state index contributed by atoms with van der Waals surface area (Å²) in [5.74, 6) is 0.599. The number of rotatable bonds is 7. The Morgan fingerprint density at radius 3 is 2.48 bits per heavy atom. The Morgan fingerprint density at radius 1 is 1.29 bits per heavy atom. The molecule has 0 heterocycles. The molecule has 0 aliphatic rings. The normalized spacial score (nSPS) is 11.6. The van der Waals surface area contributed by atoms with Gasteiger partial charge in [0.1, 0.15) is 6.04 Å². The number of benzene rings is 1. The largest absolute Gasteiger partial charge is 0.357 e. The molecule has 0 fully saturated rings. The van der Waals surface area contributed by atoms with Crippen LogP contribution >= 0.6 is 11.8 Å². The minimum atomic E-state index is -0.536. The molecule has 1 atom stereocenters. The number of likely N-dealkylation sites (N-methyl/N-ethyl adjacent to an activating group) is 1. The molecule has 0 saturated carbocycles. The number of nitrogens with two attached hydrogens (primary N) is 1. The van der Waals surface area contributed by atoms with E-state index in [1.165, 1.54) is 0 Å². The first-order chi connectivity index (χ1) is 10.1. The van der Waals surface area contributed by atoms with Gasteiger partial charge in [-0.05, 0) is 36.1 Å². The first-order valence-corrected chi connectivity index (χ1v) is 8.07. The van der Waals surface area contributed by atoms with Gasteiger partial charge in [-0.3, -0.25) is 4.79 Å². The smallest absolute Gasteiger partial charge is 0.319 e. The zero-order valence-electron chi connectivity index (χ0n) is 12.3. The fourth-order valence-corrected chi connectivity index (χ4v) is 2.20. The van der Waals surface area contributed by atoms with Gasteiger partial charge in [-0.1, -0.05) is 12.1 Å². The first-order valence-electron chi connectivity index (χ1n) is 6.67. The highest BCUT2D eigenvalue weighted by Gasteiger charge is 2.19. The van der Waals surface area contributed by atoms with Crippen LogP contribution in [0.15, 0.2) is 24.3 Å². The maximum atomic E-state index is 11.9. The Kier molecular flexibility index (Phi) is 7.63. The highest BCUT2D eigenvalue weighted by atomic mass is 32.2. The number of anilines is 1. The third-order valence-corrected chi connectivity index (χ3v) is 3.57. The van der Waals surface area contributed by atoms with E-state index in [1.807, 2.05) is 18.4 Å². The lowest BCUT2D eigenvalue weighted by atomic mass is 10.2. The Morgan fingerprint density at radius 2 is 1.95 bits per heavy atom. The topological polar surface area (TPSA) is 96.2 Å². The lowest BCUT2D eigenvalue weighted by Crippen LogP contribution is -2.47. The van der Waals surface area contributed by atoms with Crippen LogP contribution in [0.5, 0.6) is 0 Å². The van der Waals surface area contributed by atoms with Crippen molar-refractivity contribution >= 4 is 29.4 Å². The molecule has 21 heavy (non-hydrogen) atoms. The molecule has 5 N–H and O–H groups in total. The number of carbonyl (C=O) groups excluding carboxylic acids is 2. The van der Waals surface area contributed by atoms with Crippen LogP contribution in [-0.4, -0.2) is 37.0 Å². The number of hydrogen-bond acceptors (Lipinski definition) is 4. The molecule has 1 rings (SSSR count). The van der Waals surface area contributed by atoms with Crippen LogP contribution < -0.4 is 21.7 Å². The van der Waals surface area contributed by atoms with Gasteiger partial charge in [-0.2, -0.15) is 11.8 Å². The first kappa shape index (κ1) is 17.3. The van der Waals surface area contributed by atoms with Crippen molar-refractivity contribution < 1.29 is 9.59 Å². The Bertz CT molecular complexity index is 465. The van der Waals surface area contributed by atoms with Gasteiger partial charge in [0.15, 0.2) is 0 Å². The average molecular weight is 310 g/mol. The lowest BCUT2D eigenvalue weighted by Gasteiger charge is -2.17. The van der Waals surface area contributed by atoms with Gasteiger partial charge in [0.2, 0.25) is 5.91 Å². The van der Waals surface area contributed by atoms with Gasteiger partial charge >= 0.3 is 6.03 Å². The summed E-state index contributed by atoms with van der Waals surface area (Å²) >= 11 is 1.63. The van der Waals surface area contributed by atoms with Crippen molar-refractivity contribution in [1.29, 1.82) is 0 Å². The highest BCUT2D eigenvalue weighted by molar-refractivity contribution is 7.98. The molecule has 0 aliphatic heterocycles. The van der Waals surface area contributed by atoms with E-state index in [-0.39, 0.29) is 5.91 Å². The monoisotopic (exact) mass is 310 g/mol. The molecule has 1 aromatic carbocycles. The summed E-state index contributed by atoms with van der Waals surface area (Å²) in [5, 5.41) is 7.93. The fraction of sp³-hybridized carbons (Fsp3) is 0.429. The van der Waals surface area contributed by atoms with Gasteiger partial charge in [0.05, 0.1) is 0 Å². The standard InChI is InChI=1S/C14H22N4O2S/c1-16-13(19)12(7-8-21-2)18-14(20)17-11-5-3-10(9-15)4-6-11/h3-6,12H,7-9,15H2,1-2H3,(H,16,19)(H2,17,18,20)/t12-/m0/s1. The second-order valence-corrected chi connectivity index (χ2v) is 5.43. The van der Waals surface area contributed by atoms with Crippen LogP contribution in [0.25, 0.3) is 0 Å². The minimum absolute atomic E-state index is 0.197. The van der Waals surface area contributed by atoms with Gasteiger partial charge in [0.25, 0.3) is 0 Å². The van der Waals surface area contributed by atoms with Crippen molar-refractivity contribution in [3.63, 3.8) is 0 Å². The predicted octanol–water partition coefficient (Wildman–Crippen LogP) is 1.13. The molecule has 0 spiro atoms. The van der Waals surface area contributed by atoms with E-state index < -0.39 is 12.1 Å². The van der Waals surface area contributed by atoms with Gasteiger partial charge < -0.3 is 21.7 Å². The molecule has 3 amide bonds. The van der Waals surface area contributed by atoms with Crippen molar-refractivity contribution in [3.05, 3.63) is 29.8 Å². The molecule has 1 aromatic rings. The molecule has 0 saturated heterocycles. The number of thioether (sulfide) groups is 1. The van der Waals surface area contributed by atoms with E-state index in [2.05, 4.69) is 16.0 Å². The molecule has 7 heteroatoms. The molecular formula is C14H22N4O2S. The average Bonchev–Trinajstić information content (AvgIpc) is 2.51. The van der Waals surface area contributed by atoms with E-state index in [9.17, 15) is 9.59 Å². The summed E-state index contributed by atoms with van der Waals surface area (Å²) in [5.41, 5.74) is 7.16. The summed E-state index contributed by atoms with van der Waals surface area (Å²) in [7, 11) is 1.56. The van der Waals surface area contributed by atoms with Crippen LogP contribution in [0.3, 0.4) is 0 Å². The summed E-state index contributed by atoms with van der Waals surface area (Å²) < 4.78 is 0. The molecule has 0 bridgehead atoms. The lowest BCUT2D eigenvalue weighted by molar-refractivity contribution is -0.122. The number of carbonyl (C=O) groups is 2. The van der Waals surface area contributed by atoms with E-state index >= 15 is 0 Å². The van der Waals surface area contributed by atoms with Crippen molar-refractivity contribution in [3.8, 4) is 0 Å². The third kappa shape index (κ3) is 6.05. The van der Waals surface area contributed by atoms with E-state index in [1.54, 1.807) is 30.9 Å². The van der Waals surface area contributed by atoms with Crippen LogP contribution in [0.1, 0.15) is 12.0 Å². The molecular weight excluding hydrogens is 288 g/mol. The minimum Gasteiger partial charge on any atom is -0.357 e. The van der Waals surface area contributed by atoms with Crippen LogP contribution in [0, 0.1) is 0 Å². The predicted molar refractivity (Wildman–Crippen MR) is 87.3 cm³/mol. The van der Waals surface area contributed by atoms with E-state index in [0.717, 1.165) is 11.3 Å². The Balaban J connectivity index is 2.57. The number of nitrogens with one attached hydrogen (secondary N) is 3. The number of urea groups is 1.